The van der Waals surface area contributed by atoms with Gasteiger partial charge in [-0.2, -0.15) is 0 Å². The van der Waals surface area contributed by atoms with Crippen LogP contribution in [0.4, 0.5) is 0 Å². The summed E-state index contributed by atoms with van der Waals surface area (Å²) < 4.78 is 36.3. The van der Waals surface area contributed by atoms with Gasteiger partial charge in [-0.25, -0.2) is 18.2 Å². The van der Waals surface area contributed by atoms with E-state index in [0.29, 0.717) is 67.4 Å². The third-order valence-electron chi connectivity index (χ3n) is 14.4. The molecule has 19 nitrogen and oxygen atoms in total. The fraction of sp³-hybridized carbons (Fsp3) is 0.623. The zero-order valence-electron chi connectivity index (χ0n) is 45.1. The topological polar surface area (TPSA) is 251 Å². The van der Waals surface area contributed by atoms with Gasteiger partial charge in [0.1, 0.15) is 17.6 Å². The highest BCUT2D eigenvalue weighted by Crippen LogP contribution is 2.31. The monoisotopic (exact) mass is 1070 g/mol. The number of hydrogen-bond acceptors (Lipinski definition) is 13. The zero-order valence-corrected chi connectivity index (χ0v) is 46.8. The molecule has 0 aliphatic carbocycles. The number of hydrogen-bond donors (Lipinski definition) is 4. The molecule has 1 aromatic heterocycles. The first-order valence-corrected chi connectivity index (χ1v) is 28.1. The Labute approximate surface area is 440 Å². The lowest BCUT2D eigenvalue weighted by Crippen LogP contribution is -2.62. The summed E-state index contributed by atoms with van der Waals surface area (Å²) in [5.74, 6) is -4.74. The maximum Gasteiger partial charge on any atom is 0.326 e. The molecular formula is C53H79N7O12S2. The molecule has 410 valence electrons. The smallest absolute Gasteiger partial charge is 0.326 e. The lowest BCUT2D eigenvalue weighted by atomic mass is 9.89. The number of benzene rings is 2. The average Bonchev–Trinajstić information content (AvgIpc) is 4.04. The van der Waals surface area contributed by atoms with Gasteiger partial charge in [-0.15, -0.1) is 11.3 Å². The number of carboxylic acids is 1. The summed E-state index contributed by atoms with van der Waals surface area (Å²) in [7, 11) is 2.69. The highest BCUT2D eigenvalue weighted by Gasteiger charge is 2.44. The van der Waals surface area contributed by atoms with E-state index in [1.807, 2.05) is 33.8 Å². The summed E-state index contributed by atoms with van der Waals surface area (Å²) in [6.07, 6.45) is 3.30. The molecule has 2 heterocycles. The number of unbranched alkanes of at least 4 members (excludes halogenated alkanes) is 2. The van der Waals surface area contributed by atoms with Crippen LogP contribution >= 0.6 is 11.3 Å². The van der Waals surface area contributed by atoms with E-state index in [1.54, 1.807) is 87.1 Å². The lowest BCUT2D eigenvalue weighted by Gasteiger charge is -2.41. The third-order valence-corrected chi connectivity index (χ3v) is 17.1. The fourth-order valence-corrected chi connectivity index (χ4v) is 11.3. The SMILES string of the molecule is CC[C@H](C)[C@@H]([C@@H](CC(=O)N1CCC[C@H]1[C@H](OC)[C@@H](C)C(=O)N[C@@H](Cc1ccccc1)C(=O)O)OC)N(C)C(=O)[C@@H](NC(=O)C(C)(C)N(C)C(=O)CCCCCNC(=O)c1ccc2nc(S(C)(=O)=O)sc2c1)C(C)C. The zero-order chi connectivity index (χ0) is 55.2. The first-order valence-electron chi connectivity index (χ1n) is 25.4. The second-order valence-electron chi connectivity index (χ2n) is 20.4. The van der Waals surface area contributed by atoms with Gasteiger partial charge in [0, 0.05) is 66.1 Å². The van der Waals surface area contributed by atoms with Crippen molar-refractivity contribution in [3.8, 4) is 0 Å². The van der Waals surface area contributed by atoms with Gasteiger partial charge in [-0.3, -0.25) is 28.8 Å². The Hall–Kier alpha value is -5.51. The van der Waals surface area contributed by atoms with Crippen LogP contribution in [0.15, 0.2) is 52.9 Å². The standard InChI is InChI=1S/C53H79N7O12S2/c1-13-33(4)45(40(71-10)31-43(62)60-28-20-23-39(60)46(72-11)34(5)47(63)55-38(50(66)67)29-35-21-16-14-17-22-35)58(8)49(65)44(32(2)3)57-51(68)53(6,7)59(9)42(61)24-18-15-19-27-54-48(64)36-25-26-37-41(30-36)73-52(56-37)74(12,69)70/h14,16-17,21-22,25-26,30,32-34,38-40,44-46H,13,15,18-20,23-24,27-29,31H2,1-12H3,(H,54,64)(H,55,63)(H,57,68)(H,66,67)/t33-,34+,38-,39-,40+,44-,45-,46+/m0/s1. The summed E-state index contributed by atoms with van der Waals surface area (Å²) >= 11 is 1.01. The summed E-state index contributed by atoms with van der Waals surface area (Å²) in [6, 6.07) is 10.6. The molecule has 8 atom stereocenters. The van der Waals surface area contributed by atoms with E-state index in [4.69, 9.17) is 9.47 Å². The molecule has 1 saturated heterocycles. The van der Waals surface area contributed by atoms with Gasteiger partial charge in [0.05, 0.1) is 46.8 Å². The number of sulfone groups is 1. The molecule has 0 bridgehead atoms. The normalized spacial score (nSPS) is 16.9. The van der Waals surface area contributed by atoms with Gasteiger partial charge < -0.3 is 45.2 Å². The Morgan fingerprint density at radius 3 is 2.22 bits per heavy atom. The van der Waals surface area contributed by atoms with Crippen molar-refractivity contribution in [2.45, 2.75) is 153 Å². The number of fused-ring (bicyclic) bond motifs is 1. The maximum absolute atomic E-state index is 14.6. The van der Waals surface area contributed by atoms with Crippen molar-refractivity contribution in [1.29, 1.82) is 0 Å². The van der Waals surface area contributed by atoms with E-state index in [1.165, 1.54) is 19.1 Å². The fourth-order valence-electron chi connectivity index (χ4n) is 9.43. The van der Waals surface area contributed by atoms with Crippen LogP contribution < -0.4 is 16.0 Å². The molecule has 4 rings (SSSR count). The Morgan fingerprint density at radius 1 is 0.946 bits per heavy atom. The molecular weight excluding hydrogens is 991 g/mol. The van der Waals surface area contributed by atoms with E-state index >= 15 is 0 Å². The van der Waals surface area contributed by atoms with E-state index in [0.717, 1.165) is 23.2 Å². The van der Waals surface area contributed by atoms with Gasteiger partial charge in [-0.05, 0) is 75.1 Å². The molecule has 4 N–H and O–H groups in total. The van der Waals surface area contributed by atoms with E-state index in [9.17, 15) is 47.1 Å². The number of nitrogens with zero attached hydrogens (tertiary/aromatic N) is 4. The molecule has 1 aliphatic rings. The van der Waals surface area contributed by atoms with Gasteiger partial charge in [0.2, 0.25) is 43.7 Å². The number of nitrogens with one attached hydrogen (secondary N) is 3. The molecule has 6 amide bonds. The summed E-state index contributed by atoms with van der Waals surface area (Å²) in [4.78, 5) is 104. The van der Waals surface area contributed by atoms with Crippen molar-refractivity contribution in [2.75, 3.05) is 47.7 Å². The first-order chi connectivity index (χ1) is 34.8. The van der Waals surface area contributed by atoms with Crippen LogP contribution in [0.2, 0.25) is 0 Å². The number of aromatic nitrogens is 1. The molecule has 21 heteroatoms. The predicted octanol–water partition coefficient (Wildman–Crippen LogP) is 5.10. The van der Waals surface area contributed by atoms with Crippen molar-refractivity contribution >= 4 is 72.8 Å². The first kappa shape index (κ1) is 61.0. The quantitative estimate of drug-likeness (QED) is 0.0692. The Balaban J connectivity index is 1.34. The number of thiazole rings is 1. The number of amides is 6. The van der Waals surface area contributed by atoms with Gasteiger partial charge in [0.15, 0.2) is 0 Å². The van der Waals surface area contributed by atoms with Gasteiger partial charge in [-0.1, -0.05) is 77.8 Å². The predicted molar refractivity (Wildman–Crippen MR) is 283 cm³/mol. The van der Waals surface area contributed by atoms with Crippen LogP contribution in [0.1, 0.15) is 116 Å². The van der Waals surface area contributed by atoms with Crippen molar-refractivity contribution in [3.05, 3.63) is 59.7 Å². The van der Waals surface area contributed by atoms with Crippen molar-refractivity contribution in [3.63, 3.8) is 0 Å². The highest BCUT2D eigenvalue weighted by molar-refractivity contribution is 7.92. The average molecular weight is 1070 g/mol. The van der Waals surface area contributed by atoms with Crippen molar-refractivity contribution in [2.24, 2.45) is 17.8 Å². The number of rotatable bonds is 28. The molecule has 1 aliphatic heterocycles. The van der Waals surface area contributed by atoms with Crippen LogP contribution in [0, 0.1) is 17.8 Å². The molecule has 1 fully saturated rings. The molecule has 74 heavy (non-hydrogen) atoms. The minimum atomic E-state index is -3.47. The minimum Gasteiger partial charge on any atom is -0.480 e. The van der Waals surface area contributed by atoms with E-state index in [-0.39, 0.29) is 59.1 Å². The second-order valence-corrected chi connectivity index (χ2v) is 23.6. The van der Waals surface area contributed by atoms with Crippen molar-refractivity contribution < 1.29 is 56.6 Å². The van der Waals surface area contributed by atoms with Gasteiger partial charge >= 0.3 is 5.97 Å². The van der Waals surface area contributed by atoms with Crippen LogP contribution in [-0.4, -0.2) is 164 Å². The van der Waals surface area contributed by atoms with Crippen LogP contribution in [-0.2, 0) is 54.5 Å². The number of carboxylic acid groups (broad SMARTS) is 1. The van der Waals surface area contributed by atoms with E-state index in [2.05, 4.69) is 20.9 Å². The minimum absolute atomic E-state index is 0.0114. The molecule has 0 unspecified atom stereocenters. The largest absolute Gasteiger partial charge is 0.480 e. The maximum atomic E-state index is 14.6. The Bertz CT molecular complexity index is 2540. The number of likely N-dealkylation sites (N-methyl/N-ethyl adjacent to an activating group) is 2. The molecule has 0 saturated carbocycles. The highest BCUT2D eigenvalue weighted by atomic mass is 32.2. The van der Waals surface area contributed by atoms with Crippen LogP contribution in [0.3, 0.4) is 0 Å². The molecule has 0 radical (unpaired) electrons. The number of carbonyl (C=O) groups excluding carboxylic acids is 6. The third kappa shape index (κ3) is 15.8. The Kier molecular flexibility index (Phi) is 22.5. The Morgan fingerprint density at radius 2 is 1.62 bits per heavy atom. The molecule has 0 spiro atoms. The number of methoxy groups -OCH3 is 2. The number of carbonyl (C=O) groups is 7. The number of aliphatic carboxylic acids is 1. The summed E-state index contributed by atoms with van der Waals surface area (Å²) in [5, 5.41) is 18.4. The van der Waals surface area contributed by atoms with Gasteiger partial charge in [0.25, 0.3) is 5.91 Å². The van der Waals surface area contributed by atoms with Crippen LogP contribution in [0.25, 0.3) is 10.2 Å². The van der Waals surface area contributed by atoms with Crippen LogP contribution in [0.5, 0.6) is 0 Å². The molecule has 3 aromatic rings. The lowest BCUT2D eigenvalue weighted by molar-refractivity contribution is -0.150. The van der Waals surface area contributed by atoms with Crippen molar-refractivity contribution in [1.82, 2.24) is 35.6 Å². The number of ether oxygens (including phenoxy) is 2. The van der Waals surface area contributed by atoms with E-state index < -0.39 is 75.5 Å². The second kappa shape index (κ2) is 27.3. The summed E-state index contributed by atoms with van der Waals surface area (Å²) in [6.45, 7) is 13.3. The summed E-state index contributed by atoms with van der Waals surface area (Å²) in [5.41, 5.74) is 0.286. The molecule has 2 aromatic carbocycles. The number of likely N-dealkylation sites (tertiary alicyclic amines) is 1.